The monoisotopic (exact) mass is 293 g/mol. The summed E-state index contributed by atoms with van der Waals surface area (Å²) in [6.07, 6.45) is 6.64. The third-order valence-corrected chi connectivity index (χ3v) is 4.68. The molecule has 1 saturated carbocycles. The normalized spacial score (nSPS) is 22.6. The molecule has 1 amide bonds. The van der Waals surface area contributed by atoms with Gasteiger partial charge in [0, 0.05) is 22.1 Å². The van der Waals surface area contributed by atoms with Crippen LogP contribution in [0.5, 0.6) is 0 Å². The van der Waals surface area contributed by atoms with Crippen LogP contribution in [0.25, 0.3) is 0 Å². The van der Waals surface area contributed by atoms with E-state index in [0.717, 1.165) is 23.0 Å². The standard InChI is InChI=1S/C14H16BrNO/c15-11-3-5-12(6-4-11)16-13(17)7-10-14(16)8-1-2-9-14/h3-6H,1-2,7-10H2. The smallest absolute Gasteiger partial charge is 0.227 e. The quantitative estimate of drug-likeness (QED) is 0.769. The summed E-state index contributed by atoms with van der Waals surface area (Å²) < 4.78 is 1.06. The van der Waals surface area contributed by atoms with Crippen LogP contribution >= 0.6 is 15.9 Å². The van der Waals surface area contributed by atoms with E-state index in [1.165, 1.54) is 25.7 Å². The van der Waals surface area contributed by atoms with Gasteiger partial charge in [-0.25, -0.2) is 0 Å². The molecule has 1 aromatic rings. The summed E-state index contributed by atoms with van der Waals surface area (Å²) in [6, 6.07) is 8.13. The molecular formula is C14H16BrNO. The molecule has 0 atom stereocenters. The van der Waals surface area contributed by atoms with Crippen LogP contribution in [0.1, 0.15) is 38.5 Å². The van der Waals surface area contributed by atoms with Crippen LogP contribution in [-0.2, 0) is 4.79 Å². The molecule has 2 fully saturated rings. The van der Waals surface area contributed by atoms with Gasteiger partial charge in [0.2, 0.25) is 5.91 Å². The van der Waals surface area contributed by atoms with Crippen LogP contribution in [0.3, 0.4) is 0 Å². The van der Waals surface area contributed by atoms with Crippen molar-refractivity contribution in [3.05, 3.63) is 28.7 Å². The predicted octanol–water partition coefficient (Wildman–Crippen LogP) is 3.89. The van der Waals surface area contributed by atoms with Gasteiger partial charge < -0.3 is 4.90 Å². The van der Waals surface area contributed by atoms with Crippen molar-refractivity contribution >= 4 is 27.5 Å². The summed E-state index contributed by atoms with van der Waals surface area (Å²) in [5.41, 5.74) is 1.21. The van der Waals surface area contributed by atoms with E-state index in [4.69, 9.17) is 0 Å². The first-order chi connectivity index (χ1) is 8.21. The number of amides is 1. The Morgan fingerprint density at radius 3 is 2.35 bits per heavy atom. The topological polar surface area (TPSA) is 20.3 Å². The maximum Gasteiger partial charge on any atom is 0.227 e. The molecule has 2 nitrogen and oxygen atoms in total. The summed E-state index contributed by atoms with van der Waals surface area (Å²) >= 11 is 3.44. The van der Waals surface area contributed by atoms with Crippen molar-refractivity contribution in [2.75, 3.05) is 4.90 Å². The first-order valence-corrected chi connectivity index (χ1v) is 7.09. The number of carbonyl (C=O) groups excluding carboxylic acids is 1. The second-order valence-corrected chi connectivity index (χ2v) is 6.05. The van der Waals surface area contributed by atoms with Crippen LogP contribution in [0.4, 0.5) is 5.69 Å². The number of hydrogen-bond acceptors (Lipinski definition) is 1. The molecule has 90 valence electrons. The van der Waals surface area contributed by atoms with E-state index in [1.807, 2.05) is 24.3 Å². The number of nitrogens with zero attached hydrogens (tertiary/aromatic N) is 1. The SMILES string of the molecule is O=C1CCC2(CCCC2)N1c1ccc(Br)cc1. The van der Waals surface area contributed by atoms with Gasteiger partial charge in [-0.3, -0.25) is 4.79 Å². The van der Waals surface area contributed by atoms with E-state index in [-0.39, 0.29) is 5.54 Å². The highest BCUT2D eigenvalue weighted by Gasteiger charge is 2.47. The summed E-state index contributed by atoms with van der Waals surface area (Å²) in [7, 11) is 0. The molecule has 3 heteroatoms. The van der Waals surface area contributed by atoms with Crippen molar-refractivity contribution in [2.24, 2.45) is 0 Å². The Balaban J connectivity index is 1.98. The minimum atomic E-state index is 0.144. The van der Waals surface area contributed by atoms with E-state index < -0.39 is 0 Å². The van der Waals surface area contributed by atoms with Crippen molar-refractivity contribution in [1.82, 2.24) is 0 Å². The molecule has 1 spiro atoms. The first kappa shape index (κ1) is 11.3. The zero-order valence-electron chi connectivity index (χ0n) is 9.79. The van der Waals surface area contributed by atoms with E-state index >= 15 is 0 Å². The van der Waals surface area contributed by atoms with Crippen LogP contribution < -0.4 is 4.90 Å². The van der Waals surface area contributed by atoms with Gasteiger partial charge in [-0.1, -0.05) is 28.8 Å². The van der Waals surface area contributed by atoms with Crippen molar-refractivity contribution in [2.45, 2.75) is 44.1 Å². The average Bonchev–Trinajstić information content (AvgIpc) is 2.91. The molecule has 0 radical (unpaired) electrons. The highest BCUT2D eigenvalue weighted by molar-refractivity contribution is 9.10. The highest BCUT2D eigenvalue weighted by atomic mass is 79.9. The second kappa shape index (κ2) is 4.13. The van der Waals surface area contributed by atoms with Crippen molar-refractivity contribution < 1.29 is 4.79 Å². The molecule has 17 heavy (non-hydrogen) atoms. The van der Waals surface area contributed by atoms with Gasteiger partial charge in [-0.15, -0.1) is 0 Å². The van der Waals surface area contributed by atoms with Gasteiger partial charge >= 0.3 is 0 Å². The average molecular weight is 294 g/mol. The van der Waals surface area contributed by atoms with Gasteiger partial charge in [0.15, 0.2) is 0 Å². The van der Waals surface area contributed by atoms with Crippen LogP contribution in [0, 0.1) is 0 Å². The summed E-state index contributed by atoms with van der Waals surface area (Å²) in [4.78, 5) is 14.2. The van der Waals surface area contributed by atoms with E-state index in [2.05, 4.69) is 20.8 Å². The van der Waals surface area contributed by atoms with E-state index in [0.29, 0.717) is 5.91 Å². The summed E-state index contributed by atoms with van der Waals surface area (Å²) in [5.74, 6) is 0.300. The molecule has 0 unspecified atom stereocenters. The maximum atomic E-state index is 12.1. The summed E-state index contributed by atoms with van der Waals surface area (Å²) in [5, 5.41) is 0. The molecule has 1 aliphatic heterocycles. The lowest BCUT2D eigenvalue weighted by atomic mass is 9.94. The first-order valence-electron chi connectivity index (χ1n) is 6.30. The van der Waals surface area contributed by atoms with Crippen molar-refractivity contribution in [3.63, 3.8) is 0 Å². The number of halogens is 1. The Morgan fingerprint density at radius 2 is 1.71 bits per heavy atom. The van der Waals surface area contributed by atoms with Gasteiger partial charge in [0.1, 0.15) is 0 Å². The zero-order chi connectivity index (χ0) is 11.9. The lowest BCUT2D eigenvalue weighted by Gasteiger charge is -2.35. The highest BCUT2D eigenvalue weighted by Crippen LogP contribution is 2.45. The number of rotatable bonds is 1. The van der Waals surface area contributed by atoms with Crippen molar-refractivity contribution in [1.29, 1.82) is 0 Å². The Labute approximate surface area is 110 Å². The van der Waals surface area contributed by atoms with Crippen LogP contribution in [0.15, 0.2) is 28.7 Å². The predicted molar refractivity (Wildman–Crippen MR) is 72.1 cm³/mol. The zero-order valence-corrected chi connectivity index (χ0v) is 11.4. The Bertz CT molecular complexity index is 434. The fourth-order valence-corrected chi connectivity index (χ4v) is 3.61. The van der Waals surface area contributed by atoms with E-state index in [9.17, 15) is 4.79 Å². The van der Waals surface area contributed by atoms with Crippen LogP contribution in [0.2, 0.25) is 0 Å². The van der Waals surface area contributed by atoms with Crippen LogP contribution in [-0.4, -0.2) is 11.4 Å². The number of anilines is 1. The van der Waals surface area contributed by atoms with Gasteiger partial charge in [0.05, 0.1) is 0 Å². The Kier molecular flexibility index (Phi) is 2.74. The third-order valence-electron chi connectivity index (χ3n) is 4.15. The molecule has 0 N–H and O–H groups in total. The minimum Gasteiger partial charge on any atom is -0.306 e. The molecule has 1 heterocycles. The summed E-state index contributed by atoms with van der Waals surface area (Å²) in [6.45, 7) is 0. The van der Waals surface area contributed by atoms with Gasteiger partial charge in [-0.2, -0.15) is 0 Å². The molecule has 0 bridgehead atoms. The largest absolute Gasteiger partial charge is 0.306 e. The van der Waals surface area contributed by atoms with Gasteiger partial charge in [0.25, 0.3) is 0 Å². The Hall–Kier alpha value is -0.830. The molecule has 1 saturated heterocycles. The Morgan fingerprint density at radius 1 is 1.06 bits per heavy atom. The third kappa shape index (κ3) is 1.81. The number of benzene rings is 1. The molecule has 2 aliphatic rings. The molecule has 3 rings (SSSR count). The molecule has 1 aliphatic carbocycles. The fraction of sp³-hybridized carbons (Fsp3) is 0.500. The lowest BCUT2D eigenvalue weighted by molar-refractivity contribution is -0.117. The maximum absolute atomic E-state index is 12.1. The van der Waals surface area contributed by atoms with Crippen molar-refractivity contribution in [3.8, 4) is 0 Å². The number of carbonyl (C=O) groups is 1. The van der Waals surface area contributed by atoms with Gasteiger partial charge in [-0.05, 0) is 43.5 Å². The molecule has 1 aromatic carbocycles. The molecule has 0 aromatic heterocycles. The lowest BCUT2D eigenvalue weighted by Crippen LogP contribution is -2.43. The number of hydrogen-bond donors (Lipinski definition) is 0. The molecular weight excluding hydrogens is 278 g/mol. The van der Waals surface area contributed by atoms with E-state index in [1.54, 1.807) is 0 Å². The fourth-order valence-electron chi connectivity index (χ4n) is 3.34. The minimum absolute atomic E-state index is 0.144. The second-order valence-electron chi connectivity index (χ2n) is 5.14.